The van der Waals surface area contributed by atoms with Crippen LogP contribution in [-0.2, 0) is 12.6 Å². The number of hydrogen-bond donors (Lipinski definition) is 1. The molecule has 0 amide bonds. The van der Waals surface area contributed by atoms with Crippen LogP contribution in [0.15, 0.2) is 12.7 Å². The van der Waals surface area contributed by atoms with Gasteiger partial charge in [0.25, 0.3) is 0 Å². The highest BCUT2D eigenvalue weighted by atomic mass is 32.1. The molecule has 6 nitrogen and oxygen atoms in total. The third-order valence-corrected chi connectivity index (χ3v) is 2.78. The van der Waals surface area contributed by atoms with E-state index in [9.17, 15) is 0 Å². The van der Waals surface area contributed by atoms with Crippen molar-refractivity contribution in [3.63, 3.8) is 0 Å². The molecular formula is C8H12N6S. The molecule has 2 heterocycles. The molecule has 0 unspecified atom stereocenters. The molecule has 15 heavy (non-hydrogen) atoms. The molecule has 0 aromatic carbocycles. The van der Waals surface area contributed by atoms with Gasteiger partial charge in [-0.3, -0.25) is 5.10 Å². The number of aromatic amines is 1. The molecule has 2 rings (SSSR count). The summed E-state index contributed by atoms with van der Waals surface area (Å²) in [7, 11) is 1.87. The zero-order valence-corrected chi connectivity index (χ0v) is 9.62. The van der Waals surface area contributed by atoms with Gasteiger partial charge in [0.15, 0.2) is 10.6 Å². The predicted molar refractivity (Wildman–Crippen MR) is 56.8 cm³/mol. The summed E-state index contributed by atoms with van der Waals surface area (Å²) in [6, 6.07) is 0. The van der Waals surface area contributed by atoms with E-state index in [1.54, 1.807) is 11.0 Å². The Bertz CT molecular complexity index is 505. The van der Waals surface area contributed by atoms with Crippen LogP contribution in [-0.4, -0.2) is 29.5 Å². The first kappa shape index (κ1) is 10.0. The number of rotatable bonds is 2. The Balaban J connectivity index is 2.55. The van der Waals surface area contributed by atoms with Gasteiger partial charge in [-0.1, -0.05) is 0 Å². The van der Waals surface area contributed by atoms with Crippen molar-refractivity contribution in [2.24, 2.45) is 7.05 Å². The monoisotopic (exact) mass is 224 g/mol. The van der Waals surface area contributed by atoms with E-state index in [0.717, 1.165) is 5.82 Å². The van der Waals surface area contributed by atoms with Gasteiger partial charge < -0.3 is 4.57 Å². The highest BCUT2D eigenvalue weighted by Gasteiger charge is 2.28. The Hall–Kier alpha value is -1.50. The molecule has 1 N–H and O–H groups in total. The minimum absolute atomic E-state index is 0.376. The zero-order valence-electron chi connectivity index (χ0n) is 8.80. The average Bonchev–Trinajstić information content (AvgIpc) is 2.78. The highest BCUT2D eigenvalue weighted by Crippen LogP contribution is 2.21. The molecule has 2 aromatic rings. The van der Waals surface area contributed by atoms with E-state index in [0.29, 0.717) is 4.77 Å². The first-order valence-corrected chi connectivity index (χ1v) is 4.91. The molecule has 0 saturated carbocycles. The molecule has 0 bridgehead atoms. The van der Waals surface area contributed by atoms with Crippen molar-refractivity contribution in [1.29, 1.82) is 0 Å². The minimum atomic E-state index is -0.376. The van der Waals surface area contributed by atoms with Crippen LogP contribution in [0.4, 0.5) is 0 Å². The van der Waals surface area contributed by atoms with Gasteiger partial charge in [-0.15, -0.1) is 0 Å². The fourth-order valence-corrected chi connectivity index (χ4v) is 1.63. The SMILES string of the molecule is Cn1c(C(C)(C)n2cncn2)n[nH]c1=S. The lowest BCUT2D eigenvalue weighted by molar-refractivity contribution is 0.356. The van der Waals surface area contributed by atoms with Crippen molar-refractivity contribution in [2.45, 2.75) is 19.4 Å². The largest absolute Gasteiger partial charge is 0.305 e. The summed E-state index contributed by atoms with van der Waals surface area (Å²) in [4.78, 5) is 3.93. The second kappa shape index (κ2) is 3.27. The maximum Gasteiger partial charge on any atom is 0.194 e. The van der Waals surface area contributed by atoms with Crippen molar-refractivity contribution in [1.82, 2.24) is 29.5 Å². The van der Waals surface area contributed by atoms with Gasteiger partial charge in [-0.05, 0) is 26.1 Å². The smallest absolute Gasteiger partial charge is 0.194 e. The van der Waals surface area contributed by atoms with Crippen molar-refractivity contribution < 1.29 is 0 Å². The number of nitrogens with zero attached hydrogens (tertiary/aromatic N) is 5. The van der Waals surface area contributed by atoms with Crippen LogP contribution in [0.2, 0.25) is 0 Å². The van der Waals surface area contributed by atoms with Gasteiger partial charge in [0.05, 0.1) is 0 Å². The summed E-state index contributed by atoms with van der Waals surface area (Å²) in [5.74, 6) is 0.818. The molecule has 0 atom stereocenters. The van der Waals surface area contributed by atoms with Crippen LogP contribution in [0.3, 0.4) is 0 Å². The van der Waals surface area contributed by atoms with E-state index in [1.165, 1.54) is 6.33 Å². The second-order valence-corrected chi connectivity index (χ2v) is 4.20. The topological polar surface area (TPSA) is 64.3 Å². The molecule has 2 aromatic heterocycles. The van der Waals surface area contributed by atoms with Crippen molar-refractivity contribution in [3.05, 3.63) is 23.3 Å². The molecule has 0 aliphatic heterocycles. The summed E-state index contributed by atoms with van der Waals surface area (Å²) in [6.45, 7) is 4.01. The molecule has 0 saturated heterocycles. The minimum Gasteiger partial charge on any atom is -0.305 e. The molecule has 0 spiro atoms. The Morgan fingerprint density at radius 3 is 2.67 bits per heavy atom. The molecular weight excluding hydrogens is 212 g/mol. The van der Waals surface area contributed by atoms with Gasteiger partial charge in [0.1, 0.15) is 18.2 Å². The quantitative estimate of drug-likeness (QED) is 0.768. The lowest BCUT2D eigenvalue weighted by atomic mass is 10.1. The predicted octanol–water partition coefficient (Wildman–Crippen LogP) is 0.853. The van der Waals surface area contributed by atoms with Gasteiger partial charge >= 0.3 is 0 Å². The molecule has 0 aliphatic rings. The summed E-state index contributed by atoms with van der Waals surface area (Å²) in [5, 5.41) is 11.1. The van der Waals surface area contributed by atoms with E-state index < -0.39 is 0 Å². The summed E-state index contributed by atoms with van der Waals surface area (Å²) in [5.41, 5.74) is -0.376. The van der Waals surface area contributed by atoms with Crippen molar-refractivity contribution in [2.75, 3.05) is 0 Å². The molecule has 80 valence electrons. The number of aromatic nitrogens is 6. The number of hydrogen-bond acceptors (Lipinski definition) is 4. The van der Waals surface area contributed by atoms with Crippen LogP contribution in [0.1, 0.15) is 19.7 Å². The third-order valence-electron chi connectivity index (χ3n) is 2.42. The first-order valence-electron chi connectivity index (χ1n) is 4.50. The standard InChI is InChI=1S/C8H12N6S/c1-8(2,14-5-9-4-10-14)6-11-12-7(15)13(6)3/h4-5H,1-3H3,(H,12,15). The second-order valence-electron chi connectivity index (χ2n) is 3.81. The molecule has 0 fully saturated rings. The molecule has 0 radical (unpaired) electrons. The Kier molecular flexibility index (Phi) is 2.18. The maximum atomic E-state index is 5.07. The molecule has 0 aliphatic carbocycles. The average molecular weight is 224 g/mol. The summed E-state index contributed by atoms with van der Waals surface area (Å²) >= 11 is 5.07. The lowest BCUT2D eigenvalue weighted by Gasteiger charge is -2.23. The Morgan fingerprint density at radius 1 is 1.47 bits per heavy atom. The van der Waals surface area contributed by atoms with Crippen molar-refractivity contribution in [3.8, 4) is 0 Å². The van der Waals surface area contributed by atoms with E-state index in [2.05, 4.69) is 20.3 Å². The Labute approximate surface area is 92.0 Å². The third kappa shape index (κ3) is 1.48. The summed E-state index contributed by atoms with van der Waals surface area (Å²) < 4.78 is 4.17. The fraction of sp³-hybridized carbons (Fsp3) is 0.500. The maximum absolute atomic E-state index is 5.07. The lowest BCUT2D eigenvalue weighted by Crippen LogP contribution is -2.31. The first-order chi connectivity index (χ1) is 7.03. The van der Waals surface area contributed by atoms with Crippen molar-refractivity contribution >= 4 is 12.2 Å². The zero-order chi connectivity index (χ0) is 11.1. The van der Waals surface area contributed by atoms with E-state index in [-0.39, 0.29) is 5.54 Å². The van der Waals surface area contributed by atoms with Gasteiger partial charge in [0.2, 0.25) is 0 Å². The highest BCUT2D eigenvalue weighted by molar-refractivity contribution is 7.71. The van der Waals surface area contributed by atoms with Crippen LogP contribution < -0.4 is 0 Å². The van der Waals surface area contributed by atoms with Gasteiger partial charge in [-0.25, -0.2) is 9.67 Å². The van der Waals surface area contributed by atoms with Crippen LogP contribution in [0, 0.1) is 4.77 Å². The van der Waals surface area contributed by atoms with Crippen LogP contribution in [0.25, 0.3) is 0 Å². The van der Waals surface area contributed by atoms with Gasteiger partial charge in [0, 0.05) is 7.05 Å². The normalized spacial score (nSPS) is 11.9. The van der Waals surface area contributed by atoms with Gasteiger partial charge in [-0.2, -0.15) is 10.2 Å². The van der Waals surface area contributed by atoms with E-state index in [4.69, 9.17) is 12.2 Å². The molecule has 7 heteroatoms. The Morgan fingerprint density at radius 2 is 2.20 bits per heavy atom. The van der Waals surface area contributed by atoms with E-state index in [1.807, 2.05) is 25.5 Å². The fourth-order valence-electron chi connectivity index (χ4n) is 1.49. The number of H-pyrrole nitrogens is 1. The van der Waals surface area contributed by atoms with Crippen LogP contribution in [0.5, 0.6) is 0 Å². The van der Waals surface area contributed by atoms with E-state index >= 15 is 0 Å². The summed E-state index contributed by atoms with van der Waals surface area (Å²) in [6.07, 6.45) is 3.17. The number of nitrogens with one attached hydrogen (secondary N) is 1. The van der Waals surface area contributed by atoms with Crippen LogP contribution >= 0.6 is 12.2 Å².